The number of rotatable bonds is 1. The smallest absolute Gasteiger partial charge is 0.335 e. The molecule has 0 bridgehead atoms. The Morgan fingerprint density at radius 1 is 1.33 bits per heavy atom. The highest BCUT2D eigenvalue weighted by Crippen LogP contribution is 2.11. The zero-order chi connectivity index (χ0) is 8.43. The van der Waals surface area contributed by atoms with Crippen LogP contribution in [-0.2, 0) is 0 Å². The molecule has 0 saturated carbocycles. The lowest BCUT2D eigenvalue weighted by atomic mass is 10.0. The van der Waals surface area contributed by atoms with E-state index in [2.05, 4.69) is 0 Å². The normalized spacial score (nSPS) is 8.83. The highest BCUT2D eigenvalue weighted by Gasteiger charge is 2.06. The second-order valence-corrected chi connectivity index (χ2v) is 2.55. The van der Waals surface area contributed by atoms with Gasteiger partial charge in [0.25, 0.3) is 0 Å². The van der Waals surface area contributed by atoms with Crippen LogP contribution in [0.4, 0.5) is 0 Å². The standard InChI is InChI=1S/C9H10O2.C/c1-6-4-3-5-8(7(6)2)9(10)11;/h3-5H,1-2H3,(H,10,11);. The van der Waals surface area contributed by atoms with Crippen LogP contribution in [0.5, 0.6) is 0 Å². The highest BCUT2D eigenvalue weighted by atomic mass is 16.4. The number of hydrogen-bond acceptors (Lipinski definition) is 1. The second kappa shape index (κ2) is 3.90. The lowest BCUT2D eigenvalue weighted by Gasteiger charge is -2.02. The van der Waals surface area contributed by atoms with Gasteiger partial charge >= 0.3 is 5.97 Å². The maximum Gasteiger partial charge on any atom is 0.335 e. The van der Waals surface area contributed by atoms with E-state index in [-0.39, 0.29) is 7.43 Å². The van der Waals surface area contributed by atoms with Gasteiger partial charge in [-0.2, -0.15) is 0 Å². The van der Waals surface area contributed by atoms with Gasteiger partial charge in [-0.05, 0) is 31.0 Å². The molecule has 0 aliphatic heterocycles. The molecular formula is C10H10O2. The number of carboxylic acids is 1. The molecular weight excluding hydrogens is 152 g/mol. The summed E-state index contributed by atoms with van der Waals surface area (Å²) in [6.45, 7) is 3.72. The third-order valence-corrected chi connectivity index (χ3v) is 1.84. The number of hydrogen-bond donors (Lipinski definition) is 1. The average Bonchev–Trinajstić information content (AvgIpc) is 1.94. The van der Waals surface area contributed by atoms with Crippen LogP contribution in [0.3, 0.4) is 0 Å². The van der Waals surface area contributed by atoms with E-state index in [4.69, 9.17) is 5.11 Å². The number of aromatic carboxylic acids is 1. The minimum Gasteiger partial charge on any atom is -0.478 e. The summed E-state index contributed by atoms with van der Waals surface area (Å²) in [6, 6.07) is 5.28. The van der Waals surface area contributed by atoms with E-state index in [1.165, 1.54) is 0 Å². The quantitative estimate of drug-likeness (QED) is 0.686. The van der Waals surface area contributed by atoms with Crippen LogP contribution in [0.15, 0.2) is 18.2 Å². The first kappa shape index (κ1) is 10.7. The third kappa shape index (κ3) is 1.84. The summed E-state index contributed by atoms with van der Waals surface area (Å²) >= 11 is 0. The molecule has 1 aromatic rings. The van der Waals surface area contributed by atoms with Crippen molar-refractivity contribution in [3.05, 3.63) is 42.3 Å². The van der Waals surface area contributed by atoms with Crippen LogP contribution >= 0.6 is 0 Å². The summed E-state index contributed by atoms with van der Waals surface area (Å²) in [5, 5.41) is 8.69. The minimum absolute atomic E-state index is 0. The summed E-state index contributed by atoms with van der Waals surface area (Å²) in [5.41, 5.74) is 2.26. The molecule has 2 heteroatoms. The van der Waals surface area contributed by atoms with Crippen LogP contribution < -0.4 is 0 Å². The Balaban J connectivity index is 0.00000121. The van der Waals surface area contributed by atoms with Crippen LogP contribution in [0.25, 0.3) is 0 Å². The number of aryl methyl sites for hydroxylation is 1. The van der Waals surface area contributed by atoms with E-state index in [9.17, 15) is 4.79 Å². The van der Waals surface area contributed by atoms with E-state index >= 15 is 0 Å². The zero-order valence-corrected chi connectivity index (χ0v) is 7.09. The van der Waals surface area contributed by atoms with Gasteiger partial charge in [-0.25, -0.2) is 4.79 Å². The Morgan fingerprint density at radius 3 is 2.33 bits per heavy atom. The molecule has 0 aromatic heterocycles. The first-order chi connectivity index (χ1) is 5.13. The van der Waals surface area contributed by atoms with Crippen molar-refractivity contribution >= 4 is 5.97 Å². The number of benzene rings is 1. The van der Waals surface area contributed by atoms with Gasteiger partial charge in [-0.15, -0.1) is 0 Å². The largest absolute Gasteiger partial charge is 0.478 e. The molecule has 0 fully saturated rings. The Bertz CT molecular complexity index is 290. The summed E-state index contributed by atoms with van der Waals surface area (Å²) in [4.78, 5) is 10.6. The fourth-order valence-electron chi connectivity index (χ4n) is 0.983. The topological polar surface area (TPSA) is 37.3 Å². The molecule has 0 atom stereocenters. The van der Waals surface area contributed by atoms with Crippen molar-refractivity contribution in [2.24, 2.45) is 0 Å². The van der Waals surface area contributed by atoms with Gasteiger partial charge in [0.2, 0.25) is 0 Å². The van der Waals surface area contributed by atoms with Gasteiger partial charge in [0.1, 0.15) is 0 Å². The number of carbonyl (C=O) groups is 1. The molecule has 2 nitrogen and oxygen atoms in total. The zero-order valence-electron chi connectivity index (χ0n) is 7.09. The Morgan fingerprint density at radius 2 is 1.92 bits per heavy atom. The van der Waals surface area contributed by atoms with Crippen molar-refractivity contribution in [3.8, 4) is 0 Å². The lowest BCUT2D eigenvalue weighted by molar-refractivity contribution is 0.0696. The van der Waals surface area contributed by atoms with Gasteiger partial charge in [0.05, 0.1) is 5.56 Å². The number of carboxylic acid groups (broad SMARTS) is 1. The third-order valence-electron chi connectivity index (χ3n) is 1.84. The van der Waals surface area contributed by atoms with Crippen LogP contribution in [0.2, 0.25) is 0 Å². The van der Waals surface area contributed by atoms with Crippen molar-refractivity contribution in [1.29, 1.82) is 0 Å². The average molecular weight is 162 g/mol. The molecule has 1 N–H and O–H groups in total. The summed E-state index contributed by atoms with van der Waals surface area (Å²) < 4.78 is 0. The van der Waals surface area contributed by atoms with Gasteiger partial charge < -0.3 is 5.11 Å². The predicted molar refractivity (Wildman–Crippen MR) is 46.1 cm³/mol. The Hall–Kier alpha value is -1.31. The van der Waals surface area contributed by atoms with Crippen LogP contribution in [0.1, 0.15) is 21.5 Å². The molecule has 62 valence electrons. The fourth-order valence-corrected chi connectivity index (χ4v) is 0.983. The van der Waals surface area contributed by atoms with Crippen LogP contribution in [0, 0.1) is 21.3 Å². The van der Waals surface area contributed by atoms with Crippen molar-refractivity contribution in [2.75, 3.05) is 0 Å². The molecule has 4 radical (unpaired) electrons. The van der Waals surface area contributed by atoms with E-state index < -0.39 is 5.97 Å². The molecule has 0 heterocycles. The summed E-state index contributed by atoms with van der Waals surface area (Å²) in [7, 11) is 0. The van der Waals surface area contributed by atoms with Crippen molar-refractivity contribution in [3.63, 3.8) is 0 Å². The van der Waals surface area contributed by atoms with E-state index in [0.717, 1.165) is 11.1 Å². The summed E-state index contributed by atoms with van der Waals surface area (Å²) in [6.07, 6.45) is 0. The van der Waals surface area contributed by atoms with Gasteiger partial charge in [0, 0.05) is 7.43 Å². The van der Waals surface area contributed by atoms with Crippen molar-refractivity contribution in [1.82, 2.24) is 0 Å². The summed E-state index contributed by atoms with van der Waals surface area (Å²) in [5.74, 6) is -0.855. The van der Waals surface area contributed by atoms with E-state index in [0.29, 0.717) is 5.56 Å². The molecule has 0 spiro atoms. The van der Waals surface area contributed by atoms with Gasteiger partial charge in [-0.1, -0.05) is 12.1 Å². The lowest BCUT2D eigenvalue weighted by Crippen LogP contribution is -2.00. The van der Waals surface area contributed by atoms with E-state index in [1.54, 1.807) is 12.1 Å². The Kier molecular flexibility index (Phi) is 3.48. The highest BCUT2D eigenvalue weighted by molar-refractivity contribution is 5.89. The monoisotopic (exact) mass is 162 g/mol. The van der Waals surface area contributed by atoms with E-state index in [1.807, 2.05) is 19.9 Å². The van der Waals surface area contributed by atoms with Crippen LogP contribution in [-0.4, -0.2) is 11.1 Å². The maximum atomic E-state index is 10.6. The molecule has 1 rings (SSSR count). The first-order valence-corrected chi connectivity index (χ1v) is 3.42. The van der Waals surface area contributed by atoms with Crippen molar-refractivity contribution in [2.45, 2.75) is 13.8 Å². The molecule has 0 aliphatic rings. The molecule has 12 heavy (non-hydrogen) atoms. The predicted octanol–water partition coefficient (Wildman–Crippen LogP) is 2.08. The van der Waals surface area contributed by atoms with Gasteiger partial charge in [-0.3, -0.25) is 0 Å². The van der Waals surface area contributed by atoms with Crippen molar-refractivity contribution < 1.29 is 9.90 Å². The molecule has 0 aliphatic carbocycles. The molecule has 0 amide bonds. The maximum absolute atomic E-state index is 10.6. The molecule has 0 unspecified atom stereocenters. The first-order valence-electron chi connectivity index (χ1n) is 3.42. The Labute approximate surface area is 72.9 Å². The minimum atomic E-state index is -0.855. The SMILES string of the molecule is Cc1cccc(C(=O)O)c1C.[C]. The fraction of sp³-hybridized carbons (Fsp3) is 0.200. The molecule has 0 saturated heterocycles. The second-order valence-electron chi connectivity index (χ2n) is 2.55. The van der Waals surface area contributed by atoms with Gasteiger partial charge in [0.15, 0.2) is 0 Å². The molecule has 1 aromatic carbocycles.